The van der Waals surface area contributed by atoms with Gasteiger partial charge in [-0.25, -0.2) is 9.97 Å². The second kappa shape index (κ2) is 6.71. The van der Waals surface area contributed by atoms with Crippen LogP contribution in [-0.2, 0) is 6.42 Å². The molecule has 20 heavy (non-hydrogen) atoms. The van der Waals surface area contributed by atoms with Crippen molar-refractivity contribution < 1.29 is 4.74 Å². The van der Waals surface area contributed by atoms with Gasteiger partial charge in [-0.2, -0.15) is 0 Å². The van der Waals surface area contributed by atoms with Crippen LogP contribution in [0.5, 0.6) is 11.6 Å². The van der Waals surface area contributed by atoms with Crippen LogP contribution < -0.4 is 4.74 Å². The van der Waals surface area contributed by atoms with Gasteiger partial charge in [-0.05, 0) is 30.4 Å². The van der Waals surface area contributed by atoms with E-state index in [0.717, 1.165) is 24.2 Å². The molecule has 0 N–H and O–H groups in total. The van der Waals surface area contributed by atoms with Crippen LogP contribution in [0.3, 0.4) is 0 Å². The molecular formula is C16H19ClN2O. The molecule has 0 saturated carbocycles. The molecule has 2 rings (SSSR count). The standard InChI is InChI=1S/C16H19ClN2O/c1-4-11(3)13-8-6-7-9-14(13)20-16-12(5-2)15(17)18-10-19-16/h6-11H,4-5H2,1-3H3. The fourth-order valence-corrected chi connectivity index (χ4v) is 2.32. The van der Waals surface area contributed by atoms with E-state index in [9.17, 15) is 0 Å². The molecule has 1 heterocycles. The van der Waals surface area contributed by atoms with Crippen molar-refractivity contribution in [3.8, 4) is 11.6 Å². The van der Waals surface area contributed by atoms with Crippen LogP contribution in [-0.4, -0.2) is 9.97 Å². The summed E-state index contributed by atoms with van der Waals surface area (Å²) in [6, 6.07) is 8.06. The molecular weight excluding hydrogens is 272 g/mol. The third-order valence-electron chi connectivity index (χ3n) is 3.48. The van der Waals surface area contributed by atoms with E-state index in [0.29, 0.717) is 17.0 Å². The van der Waals surface area contributed by atoms with Crippen LogP contribution in [0.15, 0.2) is 30.6 Å². The fraction of sp³-hybridized carbons (Fsp3) is 0.375. The van der Waals surface area contributed by atoms with Crippen LogP contribution in [0, 0.1) is 0 Å². The van der Waals surface area contributed by atoms with Crippen LogP contribution >= 0.6 is 11.6 Å². The van der Waals surface area contributed by atoms with Crippen LogP contribution in [0.25, 0.3) is 0 Å². The van der Waals surface area contributed by atoms with Gasteiger partial charge in [-0.1, -0.05) is 50.6 Å². The maximum absolute atomic E-state index is 6.09. The first-order valence-electron chi connectivity index (χ1n) is 6.93. The van der Waals surface area contributed by atoms with Gasteiger partial charge < -0.3 is 4.74 Å². The Bertz CT molecular complexity index is 586. The first-order chi connectivity index (χ1) is 9.67. The second-order valence-corrected chi connectivity index (χ2v) is 5.11. The van der Waals surface area contributed by atoms with E-state index in [4.69, 9.17) is 16.3 Å². The Morgan fingerprint density at radius 2 is 1.95 bits per heavy atom. The lowest BCUT2D eigenvalue weighted by Gasteiger charge is -2.16. The van der Waals surface area contributed by atoms with Crippen molar-refractivity contribution >= 4 is 11.6 Å². The number of hydrogen-bond donors (Lipinski definition) is 0. The SMILES string of the molecule is CCc1c(Cl)ncnc1Oc1ccccc1C(C)CC. The minimum absolute atomic E-state index is 0.439. The van der Waals surface area contributed by atoms with Gasteiger partial charge in [0.15, 0.2) is 0 Å². The summed E-state index contributed by atoms with van der Waals surface area (Å²) in [4.78, 5) is 8.21. The predicted molar refractivity (Wildman–Crippen MR) is 81.6 cm³/mol. The summed E-state index contributed by atoms with van der Waals surface area (Å²) in [5.41, 5.74) is 2.03. The minimum Gasteiger partial charge on any atom is -0.438 e. The molecule has 106 valence electrons. The van der Waals surface area contributed by atoms with Crippen molar-refractivity contribution in [3.63, 3.8) is 0 Å². The molecule has 0 bridgehead atoms. The molecule has 0 aliphatic carbocycles. The van der Waals surface area contributed by atoms with E-state index in [2.05, 4.69) is 29.9 Å². The summed E-state index contributed by atoms with van der Waals surface area (Å²) in [7, 11) is 0. The highest BCUT2D eigenvalue weighted by atomic mass is 35.5. The number of halogens is 1. The van der Waals surface area contributed by atoms with E-state index in [1.807, 2.05) is 25.1 Å². The highest BCUT2D eigenvalue weighted by Gasteiger charge is 2.14. The molecule has 0 amide bonds. The Labute approximate surface area is 125 Å². The largest absolute Gasteiger partial charge is 0.438 e. The average Bonchev–Trinajstić information content (AvgIpc) is 2.47. The molecule has 1 unspecified atom stereocenters. The summed E-state index contributed by atoms with van der Waals surface area (Å²) >= 11 is 6.09. The molecule has 0 saturated heterocycles. The number of rotatable bonds is 5. The summed E-state index contributed by atoms with van der Waals surface area (Å²) in [5.74, 6) is 1.82. The van der Waals surface area contributed by atoms with Gasteiger partial charge in [-0.15, -0.1) is 0 Å². The van der Waals surface area contributed by atoms with Crippen molar-refractivity contribution in [3.05, 3.63) is 46.9 Å². The van der Waals surface area contributed by atoms with Crippen molar-refractivity contribution in [2.75, 3.05) is 0 Å². The lowest BCUT2D eigenvalue weighted by molar-refractivity contribution is 0.445. The van der Waals surface area contributed by atoms with Gasteiger partial charge >= 0.3 is 0 Å². The molecule has 1 aromatic carbocycles. The van der Waals surface area contributed by atoms with Crippen LogP contribution in [0.4, 0.5) is 0 Å². The lowest BCUT2D eigenvalue weighted by atomic mass is 9.98. The maximum Gasteiger partial charge on any atom is 0.227 e. The number of para-hydroxylation sites is 1. The number of ether oxygens (including phenoxy) is 1. The fourth-order valence-electron chi connectivity index (χ4n) is 2.07. The monoisotopic (exact) mass is 290 g/mol. The maximum atomic E-state index is 6.09. The van der Waals surface area contributed by atoms with Crippen molar-refractivity contribution in [1.29, 1.82) is 0 Å². The molecule has 0 radical (unpaired) electrons. The normalized spacial score (nSPS) is 12.2. The lowest BCUT2D eigenvalue weighted by Crippen LogP contribution is -2.00. The Hall–Kier alpha value is -1.61. The van der Waals surface area contributed by atoms with Crippen LogP contribution in [0.1, 0.15) is 44.2 Å². The summed E-state index contributed by atoms with van der Waals surface area (Å²) < 4.78 is 6.00. The van der Waals surface area contributed by atoms with Crippen LogP contribution in [0.2, 0.25) is 5.15 Å². The van der Waals surface area contributed by atoms with Crippen molar-refractivity contribution in [2.45, 2.75) is 39.5 Å². The molecule has 1 aromatic heterocycles. The third-order valence-corrected chi connectivity index (χ3v) is 3.80. The first-order valence-corrected chi connectivity index (χ1v) is 7.31. The zero-order chi connectivity index (χ0) is 14.5. The van der Waals surface area contributed by atoms with E-state index < -0.39 is 0 Å². The Balaban J connectivity index is 2.38. The van der Waals surface area contributed by atoms with E-state index in [-0.39, 0.29) is 0 Å². The Morgan fingerprint density at radius 1 is 1.20 bits per heavy atom. The Kier molecular flexibility index (Phi) is 4.96. The molecule has 4 heteroatoms. The summed E-state index contributed by atoms with van der Waals surface area (Å²) in [6.45, 7) is 6.37. The molecule has 0 aliphatic rings. The van der Waals surface area contributed by atoms with Gasteiger partial charge in [0.1, 0.15) is 17.2 Å². The average molecular weight is 291 g/mol. The molecule has 0 spiro atoms. The smallest absolute Gasteiger partial charge is 0.227 e. The summed E-state index contributed by atoms with van der Waals surface area (Å²) in [6.07, 6.45) is 3.23. The van der Waals surface area contributed by atoms with E-state index in [1.54, 1.807) is 0 Å². The second-order valence-electron chi connectivity index (χ2n) is 4.75. The molecule has 0 fully saturated rings. The van der Waals surface area contributed by atoms with Gasteiger partial charge in [0.2, 0.25) is 5.88 Å². The van der Waals surface area contributed by atoms with Crippen molar-refractivity contribution in [2.24, 2.45) is 0 Å². The number of aromatic nitrogens is 2. The molecule has 0 aliphatic heterocycles. The number of benzene rings is 1. The highest BCUT2D eigenvalue weighted by Crippen LogP contribution is 2.33. The van der Waals surface area contributed by atoms with E-state index >= 15 is 0 Å². The molecule has 3 nitrogen and oxygen atoms in total. The topological polar surface area (TPSA) is 35.0 Å². The zero-order valence-electron chi connectivity index (χ0n) is 12.1. The quantitative estimate of drug-likeness (QED) is 0.727. The van der Waals surface area contributed by atoms with Gasteiger partial charge in [0, 0.05) is 0 Å². The Morgan fingerprint density at radius 3 is 2.65 bits per heavy atom. The van der Waals surface area contributed by atoms with Crippen molar-refractivity contribution in [1.82, 2.24) is 9.97 Å². The number of nitrogens with zero attached hydrogens (tertiary/aromatic N) is 2. The minimum atomic E-state index is 0.439. The van der Waals surface area contributed by atoms with Gasteiger partial charge in [0.25, 0.3) is 0 Å². The van der Waals surface area contributed by atoms with Gasteiger partial charge in [-0.3, -0.25) is 0 Å². The molecule has 2 aromatic rings. The number of hydrogen-bond acceptors (Lipinski definition) is 3. The first kappa shape index (κ1) is 14.8. The van der Waals surface area contributed by atoms with E-state index in [1.165, 1.54) is 11.9 Å². The summed E-state index contributed by atoms with van der Waals surface area (Å²) in [5, 5.41) is 0.457. The zero-order valence-corrected chi connectivity index (χ0v) is 12.8. The molecule has 1 atom stereocenters. The van der Waals surface area contributed by atoms with Gasteiger partial charge in [0.05, 0.1) is 5.56 Å². The third kappa shape index (κ3) is 3.10. The highest BCUT2D eigenvalue weighted by molar-refractivity contribution is 6.30. The predicted octanol–water partition coefficient (Wildman–Crippen LogP) is 5.00.